The zero-order valence-corrected chi connectivity index (χ0v) is 30.3. The Morgan fingerprint density at radius 1 is 0.596 bits per heavy atom. The first-order valence-corrected chi connectivity index (χ1v) is 17.7. The first kappa shape index (κ1) is 34.9. The monoisotopic (exact) mass is 714 g/mol. The van der Waals surface area contributed by atoms with Gasteiger partial charge in [-0.3, -0.25) is 19.6 Å². The van der Waals surface area contributed by atoms with Gasteiger partial charge in [0.15, 0.2) is 11.6 Å². The Morgan fingerprint density at radius 2 is 0.981 bits per heavy atom. The molecule has 0 bridgehead atoms. The summed E-state index contributed by atoms with van der Waals surface area (Å²) < 4.78 is 13.2. The second-order valence-electron chi connectivity index (χ2n) is 15.1. The van der Waals surface area contributed by atoms with E-state index in [1.807, 2.05) is 48.5 Å². The van der Waals surface area contributed by atoms with E-state index in [-0.39, 0.29) is 28.2 Å². The standard InChI is InChI=1S/C21H20ClN3O.C21H20FN3O/c2*1-21(2)11-16-18(17(26)12-21)20(24-15-5-3-14(22)4-6-15)19(25-16)13-7-9-23-10-8-13/h2*3-10,24-25H,11-12H2,1-2H3. The number of nitrogens with one attached hydrogen (secondary N) is 4. The van der Waals surface area contributed by atoms with E-state index in [9.17, 15) is 14.0 Å². The summed E-state index contributed by atoms with van der Waals surface area (Å²) in [6, 6.07) is 21.3. The molecule has 0 saturated heterocycles. The van der Waals surface area contributed by atoms with Gasteiger partial charge in [-0.05, 0) is 96.5 Å². The van der Waals surface area contributed by atoms with Crippen molar-refractivity contribution in [3.63, 3.8) is 0 Å². The number of aromatic amines is 2. The number of anilines is 4. The molecule has 0 amide bonds. The molecule has 4 aromatic heterocycles. The number of carbonyl (C=O) groups excluding carboxylic acids is 2. The summed E-state index contributed by atoms with van der Waals surface area (Å²) in [5.74, 6) is 0.000480. The highest BCUT2D eigenvalue weighted by molar-refractivity contribution is 6.30. The third kappa shape index (κ3) is 7.41. The number of halogens is 2. The van der Waals surface area contributed by atoms with Gasteiger partial charge in [0.05, 0.1) is 33.9 Å². The molecule has 0 aliphatic heterocycles. The first-order valence-electron chi connectivity index (χ1n) is 17.3. The Kier molecular flexibility index (Phi) is 9.31. The van der Waals surface area contributed by atoms with E-state index in [0.29, 0.717) is 23.4 Å². The van der Waals surface area contributed by atoms with Crippen molar-refractivity contribution in [2.75, 3.05) is 10.6 Å². The minimum absolute atomic E-state index is 0.0397. The van der Waals surface area contributed by atoms with E-state index in [1.165, 1.54) is 12.1 Å². The van der Waals surface area contributed by atoms with E-state index in [1.54, 1.807) is 36.9 Å². The minimum atomic E-state index is -0.293. The molecule has 0 atom stereocenters. The maximum absolute atomic E-state index is 13.2. The summed E-state index contributed by atoms with van der Waals surface area (Å²) in [6.07, 6.45) is 9.66. The van der Waals surface area contributed by atoms with Gasteiger partial charge < -0.3 is 20.6 Å². The van der Waals surface area contributed by atoms with E-state index >= 15 is 0 Å². The Bertz CT molecular complexity index is 2080. The van der Waals surface area contributed by atoms with Crippen molar-refractivity contribution in [3.05, 3.63) is 131 Å². The topological polar surface area (TPSA) is 116 Å². The highest BCUT2D eigenvalue weighted by Crippen LogP contribution is 2.44. The molecule has 2 aliphatic carbocycles. The molecule has 0 spiro atoms. The molecule has 10 heteroatoms. The Morgan fingerprint density at radius 3 is 1.38 bits per heavy atom. The van der Waals surface area contributed by atoms with E-state index < -0.39 is 0 Å². The van der Waals surface area contributed by atoms with Crippen LogP contribution in [0.15, 0.2) is 97.6 Å². The van der Waals surface area contributed by atoms with E-state index in [0.717, 1.165) is 75.1 Å². The van der Waals surface area contributed by atoms with Crippen LogP contribution < -0.4 is 10.6 Å². The van der Waals surface area contributed by atoms with Gasteiger partial charge >= 0.3 is 0 Å². The molecule has 8 nitrogen and oxygen atoms in total. The molecular formula is C42H40ClFN6O2. The van der Waals surface area contributed by atoms with Crippen LogP contribution in [0.25, 0.3) is 22.5 Å². The number of fused-ring (bicyclic) bond motifs is 2. The summed E-state index contributed by atoms with van der Waals surface area (Å²) >= 11 is 6.00. The zero-order chi connectivity index (χ0) is 36.6. The average Bonchev–Trinajstić information content (AvgIpc) is 3.64. The van der Waals surface area contributed by atoms with Crippen molar-refractivity contribution in [1.82, 2.24) is 19.9 Å². The molecule has 4 heterocycles. The highest BCUT2D eigenvalue weighted by atomic mass is 35.5. The van der Waals surface area contributed by atoms with Crippen LogP contribution in [0, 0.1) is 16.6 Å². The summed E-state index contributed by atoms with van der Waals surface area (Å²) in [4.78, 5) is 40.9. The number of rotatable bonds is 6. The number of carbonyl (C=O) groups is 2. The third-order valence-corrected chi connectivity index (χ3v) is 9.72. The van der Waals surface area contributed by atoms with Gasteiger partial charge in [0.1, 0.15) is 5.82 Å². The number of pyridine rings is 2. The normalized spacial score (nSPS) is 15.6. The quantitative estimate of drug-likeness (QED) is 0.136. The fraction of sp³-hybridized carbons (Fsp3) is 0.238. The molecule has 0 radical (unpaired) electrons. The second kappa shape index (κ2) is 13.9. The lowest BCUT2D eigenvalue weighted by atomic mass is 9.76. The number of benzene rings is 2. The summed E-state index contributed by atoms with van der Waals surface area (Å²) in [5, 5.41) is 7.44. The molecule has 0 saturated carbocycles. The van der Waals surface area contributed by atoms with Crippen molar-refractivity contribution in [2.24, 2.45) is 10.8 Å². The lowest BCUT2D eigenvalue weighted by Crippen LogP contribution is -2.26. The van der Waals surface area contributed by atoms with Gasteiger partial charge in [-0.2, -0.15) is 0 Å². The second-order valence-corrected chi connectivity index (χ2v) is 15.5. The number of ketones is 2. The van der Waals surface area contributed by atoms with Crippen molar-refractivity contribution in [1.29, 1.82) is 0 Å². The first-order chi connectivity index (χ1) is 24.9. The lowest BCUT2D eigenvalue weighted by Gasteiger charge is -2.28. The van der Waals surface area contributed by atoms with Gasteiger partial charge in [-0.15, -0.1) is 0 Å². The van der Waals surface area contributed by atoms with E-state index in [4.69, 9.17) is 11.6 Å². The SMILES string of the molecule is CC1(C)CC(=O)c2c([nH]c(-c3ccncc3)c2Nc2ccc(Cl)cc2)C1.CC1(C)CC(=O)c2c([nH]c(-c3ccncc3)c2Nc2ccc(F)cc2)C1. The summed E-state index contributed by atoms with van der Waals surface area (Å²) in [7, 11) is 0. The largest absolute Gasteiger partial charge is 0.356 e. The van der Waals surface area contributed by atoms with Crippen LogP contribution in [-0.4, -0.2) is 31.5 Å². The molecule has 2 aromatic carbocycles. The molecule has 4 N–H and O–H groups in total. The molecular weight excluding hydrogens is 675 g/mol. The van der Waals surface area contributed by atoms with Crippen LogP contribution in [0.4, 0.5) is 27.1 Å². The number of nitrogens with zero attached hydrogens (tertiary/aromatic N) is 2. The van der Waals surface area contributed by atoms with Crippen molar-refractivity contribution in [3.8, 4) is 22.5 Å². The Labute approximate surface area is 307 Å². The van der Waals surface area contributed by atoms with Crippen molar-refractivity contribution >= 4 is 45.9 Å². The van der Waals surface area contributed by atoms with Crippen LogP contribution in [0.2, 0.25) is 5.02 Å². The fourth-order valence-electron chi connectivity index (χ4n) is 7.19. The van der Waals surface area contributed by atoms with Crippen LogP contribution in [-0.2, 0) is 12.8 Å². The van der Waals surface area contributed by atoms with Crippen LogP contribution in [0.3, 0.4) is 0 Å². The maximum atomic E-state index is 13.2. The molecule has 0 unspecified atom stereocenters. The predicted molar refractivity (Wildman–Crippen MR) is 205 cm³/mol. The van der Waals surface area contributed by atoms with Gasteiger partial charge in [0, 0.05) is 76.5 Å². The predicted octanol–water partition coefficient (Wildman–Crippen LogP) is 10.7. The zero-order valence-electron chi connectivity index (χ0n) is 29.5. The van der Waals surface area contributed by atoms with Gasteiger partial charge in [-0.25, -0.2) is 4.39 Å². The number of aromatic nitrogens is 4. The number of H-pyrrole nitrogens is 2. The highest BCUT2D eigenvalue weighted by Gasteiger charge is 2.37. The molecule has 264 valence electrons. The summed E-state index contributed by atoms with van der Waals surface area (Å²) in [6.45, 7) is 8.47. The van der Waals surface area contributed by atoms with Crippen molar-refractivity contribution in [2.45, 2.75) is 53.4 Å². The molecule has 2 aliphatic rings. The summed E-state index contributed by atoms with van der Waals surface area (Å²) in [5.41, 5.74) is 10.2. The molecule has 6 aromatic rings. The molecule has 52 heavy (non-hydrogen) atoms. The number of hydrogen-bond donors (Lipinski definition) is 4. The lowest BCUT2D eigenvalue weighted by molar-refractivity contribution is 0.0903. The van der Waals surface area contributed by atoms with Gasteiger partial charge in [0.2, 0.25) is 0 Å². The Hall–Kier alpha value is -5.54. The Balaban J connectivity index is 0.000000162. The number of Topliss-reactive ketones (excluding diaryl/α,β-unsaturated/α-hetero) is 2. The van der Waals surface area contributed by atoms with Crippen LogP contribution in [0.5, 0.6) is 0 Å². The van der Waals surface area contributed by atoms with Crippen LogP contribution in [0.1, 0.15) is 72.6 Å². The van der Waals surface area contributed by atoms with Crippen LogP contribution >= 0.6 is 11.6 Å². The maximum Gasteiger partial charge on any atom is 0.167 e. The average molecular weight is 715 g/mol. The number of hydrogen-bond acceptors (Lipinski definition) is 6. The van der Waals surface area contributed by atoms with Gasteiger partial charge in [-0.1, -0.05) is 39.3 Å². The smallest absolute Gasteiger partial charge is 0.167 e. The molecule has 8 rings (SSSR count). The minimum Gasteiger partial charge on any atom is -0.356 e. The fourth-order valence-corrected chi connectivity index (χ4v) is 7.31. The van der Waals surface area contributed by atoms with Gasteiger partial charge in [0.25, 0.3) is 0 Å². The van der Waals surface area contributed by atoms with Crippen molar-refractivity contribution < 1.29 is 14.0 Å². The van der Waals surface area contributed by atoms with E-state index in [2.05, 4.69) is 58.3 Å². The molecule has 0 fully saturated rings. The third-order valence-electron chi connectivity index (χ3n) is 9.47.